The Labute approximate surface area is 117 Å². The van der Waals surface area contributed by atoms with Gasteiger partial charge in [-0.1, -0.05) is 25.1 Å². The first-order chi connectivity index (χ1) is 9.56. The molecule has 0 spiro atoms. The first-order valence-electron chi connectivity index (χ1n) is 6.70. The standard InChI is InChI=1S/C15H19N3O2/c1-4-8-13(19)16-14-11(2)17(3)18(15(14)20)12-9-6-5-7-10-12/h5-7,9-10H,4,8H2,1-3H3,(H,16,19). The molecule has 0 saturated carbocycles. The zero-order valence-corrected chi connectivity index (χ0v) is 12.0. The van der Waals surface area contributed by atoms with Gasteiger partial charge in [0.05, 0.1) is 11.4 Å². The van der Waals surface area contributed by atoms with E-state index in [4.69, 9.17) is 0 Å². The molecular weight excluding hydrogens is 254 g/mol. The van der Waals surface area contributed by atoms with Gasteiger partial charge in [0.15, 0.2) is 0 Å². The second kappa shape index (κ2) is 5.77. The van der Waals surface area contributed by atoms with Crippen molar-refractivity contribution in [3.8, 4) is 5.69 Å². The average molecular weight is 273 g/mol. The van der Waals surface area contributed by atoms with Crippen molar-refractivity contribution < 1.29 is 4.79 Å². The molecule has 5 heteroatoms. The van der Waals surface area contributed by atoms with E-state index in [1.807, 2.05) is 44.2 Å². The highest BCUT2D eigenvalue weighted by molar-refractivity contribution is 5.91. The summed E-state index contributed by atoms with van der Waals surface area (Å²) in [5.41, 5.74) is 1.66. The van der Waals surface area contributed by atoms with Crippen LogP contribution in [-0.2, 0) is 11.8 Å². The minimum Gasteiger partial charge on any atom is -0.320 e. The normalized spacial score (nSPS) is 10.6. The zero-order valence-electron chi connectivity index (χ0n) is 12.0. The van der Waals surface area contributed by atoms with Gasteiger partial charge in [-0.3, -0.25) is 14.3 Å². The maximum absolute atomic E-state index is 12.5. The van der Waals surface area contributed by atoms with Crippen molar-refractivity contribution in [2.24, 2.45) is 7.05 Å². The van der Waals surface area contributed by atoms with Crippen LogP contribution in [0.1, 0.15) is 25.5 Å². The van der Waals surface area contributed by atoms with Crippen molar-refractivity contribution in [3.63, 3.8) is 0 Å². The molecule has 20 heavy (non-hydrogen) atoms. The number of hydrogen-bond donors (Lipinski definition) is 1. The summed E-state index contributed by atoms with van der Waals surface area (Å²) in [4.78, 5) is 24.2. The van der Waals surface area contributed by atoms with Gasteiger partial charge in [-0.05, 0) is 25.5 Å². The number of amides is 1. The van der Waals surface area contributed by atoms with Crippen LogP contribution in [0, 0.1) is 6.92 Å². The number of aromatic nitrogens is 2. The molecule has 5 nitrogen and oxygen atoms in total. The van der Waals surface area contributed by atoms with Gasteiger partial charge in [0, 0.05) is 13.5 Å². The second-order valence-corrected chi connectivity index (χ2v) is 4.73. The molecule has 106 valence electrons. The summed E-state index contributed by atoms with van der Waals surface area (Å²) in [5, 5.41) is 2.72. The predicted molar refractivity (Wildman–Crippen MR) is 79.3 cm³/mol. The summed E-state index contributed by atoms with van der Waals surface area (Å²) in [6.07, 6.45) is 1.17. The van der Waals surface area contributed by atoms with E-state index in [9.17, 15) is 9.59 Å². The first kappa shape index (κ1) is 14.1. The van der Waals surface area contributed by atoms with Crippen LogP contribution in [-0.4, -0.2) is 15.3 Å². The van der Waals surface area contributed by atoms with Crippen LogP contribution in [0.2, 0.25) is 0 Å². The van der Waals surface area contributed by atoms with E-state index in [2.05, 4.69) is 5.32 Å². The summed E-state index contributed by atoms with van der Waals surface area (Å²) >= 11 is 0. The summed E-state index contributed by atoms with van der Waals surface area (Å²) in [6.45, 7) is 3.75. The monoisotopic (exact) mass is 273 g/mol. The topological polar surface area (TPSA) is 56.0 Å². The molecule has 0 atom stereocenters. The van der Waals surface area contributed by atoms with Crippen LogP contribution in [0.25, 0.3) is 5.69 Å². The van der Waals surface area contributed by atoms with E-state index in [1.54, 1.807) is 16.4 Å². The molecule has 0 aliphatic rings. The van der Waals surface area contributed by atoms with Gasteiger partial charge in [-0.25, -0.2) is 4.68 Å². The van der Waals surface area contributed by atoms with Crippen molar-refractivity contribution >= 4 is 11.6 Å². The van der Waals surface area contributed by atoms with Crippen LogP contribution < -0.4 is 10.9 Å². The molecule has 0 fully saturated rings. The lowest BCUT2D eigenvalue weighted by Gasteiger charge is -2.07. The molecule has 0 aliphatic carbocycles. The highest BCUT2D eigenvalue weighted by Crippen LogP contribution is 2.14. The number of carbonyl (C=O) groups is 1. The van der Waals surface area contributed by atoms with Gasteiger partial charge in [0.25, 0.3) is 5.56 Å². The van der Waals surface area contributed by atoms with Crippen molar-refractivity contribution in [2.45, 2.75) is 26.7 Å². The third kappa shape index (κ3) is 2.52. The number of rotatable bonds is 4. The third-order valence-electron chi connectivity index (χ3n) is 3.30. The number of anilines is 1. The molecule has 1 aromatic heterocycles. The van der Waals surface area contributed by atoms with Crippen LogP contribution in [0.3, 0.4) is 0 Å². The van der Waals surface area contributed by atoms with E-state index in [0.29, 0.717) is 12.1 Å². The lowest BCUT2D eigenvalue weighted by Crippen LogP contribution is -2.22. The predicted octanol–water partition coefficient (Wildman–Crippen LogP) is 2.22. The van der Waals surface area contributed by atoms with Crippen LogP contribution in [0.15, 0.2) is 35.1 Å². The first-order valence-corrected chi connectivity index (χ1v) is 6.70. The second-order valence-electron chi connectivity index (χ2n) is 4.73. The lowest BCUT2D eigenvalue weighted by molar-refractivity contribution is -0.116. The van der Waals surface area contributed by atoms with E-state index < -0.39 is 0 Å². The third-order valence-corrected chi connectivity index (χ3v) is 3.30. The molecule has 1 heterocycles. The van der Waals surface area contributed by atoms with E-state index >= 15 is 0 Å². The number of benzene rings is 1. The zero-order chi connectivity index (χ0) is 14.7. The summed E-state index contributed by atoms with van der Waals surface area (Å²) in [7, 11) is 1.80. The number of nitrogens with zero attached hydrogens (tertiary/aromatic N) is 2. The van der Waals surface area contributed by atoms with Gasteiger partial charge < -0.3 is 5.32 Å². The quantitative estimate of drug-likeness (QED) is 0.928. The van der Waals surface area contributed by atoms with Crippen LogP contribution in [0.5, 0.6) is 0 Å². The van der Waals surface area contributed by atoms with Gasteiger partial charge in [0.2, 0.25) is 5.91 Å². The highest BCUT2D eigenvalue weighted by atomic mass is 16.2. The molecule has 1 N–H and O–H groups in total. The minimum atomic E-state index is -0.208. The molecule has 0 unspecified atom stereocenters. The minimum absolute atomic E-state index is 0.126. The molecule has 1 aromatic carbocycles. The number of hydrogen-bond acceptors (Lipinski definition) is 2. The molecular formula is C15H19N3O2. The number of para-hydroxylation sites is 1. The van der Waals surface area contributed by atoms with Crippen molar-refractivity contribution in [1.82, 2.24) is 9.36 Å². The average Bonchev–Trinajstić information content (AvgIpc) is 2.64. The Kier molecular flexibility index (Phi) is 4.08. The Balaban J connectivity index is 2.47. The fraction of sp³-hybridized carbons (Fsp3) is 0.333. The van der Waals surface area contributed by atoms with Gasteiger partial charge in [0.1, 0.15) is 5.69 Å². The summed E-state index contributed by atoms with van der Waals surface area (Å²) in [5.74, 6) is -0.126. The molecule has 2 rings (SSSR count). The Morgan fingerprint density at radius 3 is 2.50 bits per heavy atom. The van der Waals surface area contributed by atoms with Gasteiger partial charge in [-0.2, -0.15) is 0 Å². The maximum atomic E-state index is 12.5. The molecule has 0 aliphatic heterocycles. The van der Waals surface area contributed by atoms with Crippen molar-refractivity contribution in [3.05, 3.63) is 46.4 Å². The Morgan fingerprint density at radius 2 is 1.90 bits per heavy atom. The van der Waals surface area contributed by atoms with Crippen molar-refractivity contribution in [1.29, 1.82) is 0 Å². The van der Waals surface area contributed by atoms with Gasteiger partial charge >= 0.3 is 0 Å². The lowest BCUT2D eigenvalue weighted by atomic mass is 10.3. The summed E-state index contributed by atoms with van der Waals surface area (Å²) < 4.78 is 3.30. The SMILES string of the molecule is CCCC(=O)Nc1c(C)n(C)n(-c2ccccc2)c1=O. The van der Waals surface area contributed by atoms with Gasteiger partial charge in [-0.15, -0.1) is 0 Å². The number of carbonyl (C=O) groups excluding carboxylic acids is 1. The molecule has 0 radical (unpaired) electrons. The molecule has 1 amide bonds. The van der Waals surface area contributed by atoms with E-state index in [1.165, 1.54) is 0 Å². The molecule has 0 saturated heterocycles. The number of nitrogens with one attached hydrogen (secondary N) is 1. The van der Waals surface area contributed by atoms with Crippen LogP contribution in [0.4, 0.5) is 5.69 Å². The van der Waals surface area contributed by atoms with Crippen LogP contribution >= 0.6 is 0 Å². The highest BCUT2D eigenvalue weighted by Gasteiger charge is 2.17. The fourth-order valence-electron chi connectivity index (χ4n) is 2.14. The summed E-state index contributed by atoms with van der Waals surface area (Å²) in [6, 6.07) is 9.37. The smallest absolute Gasteiger partial charge is 0.295 e. The van der Waals surface area contributed by atoms with E-state index in [-0.39, 0.29) is 11.5 Å². The molecule has 2 aromatic rings. The Bertz CT molecular complexity index is 668. The largest absolute Gasteiger partial charge is 0.320 e. The fourth-order valence-corrected chi connectivity index (χ4v) is 2.14. The Morgan fingerprint density at radius 1 is 1.25 bits per heavy atom. The van der Waals surface area contributed by atoms with E-state index in [0.717, 1.165) is 17.8 Å². The Hall–Kier alpha value is -2.30. The molecule has 0 bridgehead atoms. The maximum Gasteiger partial charge on any atom is 0.295 e. The van der Waals surface area contributed by atoms with Crippen molar-refractivity contribution in [2.75, 3.05) is 5.32 Å².